The van der Waals surface area contributed by atoms with Gasteiger partial charge in [-0.3, -0.25) is 4.98 Å². The van der Waals surface area contributed by atoms with Gasteiger partial charge in [0.05, 0.1) is 5.39 Å². The first kappa shape index (κ1) is 10.4. The first-order valence-corrected chi connectivity index (χ1v) is 5.74. The summed E-state index contributed by atoms with van der Waals surface area (Å²) >= 11 is 1.69. The molecule has 0 spiro atoms. The molecule has 0 unspecified atom stereocenters. The highest BCUT2D eigenvalue weighted by molar-refractivity contribution is 7.17. The summed E-state index contributed by atoms with van der Waals surface area (Å²) in [5.41, 5.74) is 0. The van der Waals surface area contributed by atoms with Crippen LogP contribution in [0.5, 0.6) is 5.75 Å². The van der Waals surface area contributed by atoms with E-state index in [1.165, 1.54) is 4.70 Å². The molecule has 15 heavy (non-hydrogen) atoms. The fourth-order valence-electron chi connectivity index (χ4n) is 1.30. The van der Waals surface area contributed by atoms with Crippen molar-refractivity contribution in [1.82, 2.24) is 9.88 Å². The summed E-state index contributed by atoms with van der Waals surface area (Å²) in [4.78, 5) is 6.21. The highest BCUT2D eigenvalue weighted by atomic mass is 32.1. The van der Waals surface area contributed by atoms with E-state index in [4.69, 9.17) is 4.74 Å². The summed E-state index contributed by atoms with van der Waals surface area (Å²) in [5, 5.41) is 3.16. The lowest BCUT2D eigenvalue weighted by Gasteiger charge is -2.09. The third-order valence-corrected chi connectivity index (χ3v) is 3.08. The van der Waals surface area contributed by atoms with E-state index in [2.05, 4.69) is 9.88 Å². The van der Waals surface area contributed by atoms with E-state index in [1.807, 2.05) is 37.9 Å². The van der Waals surface area contributed by atoms with Crippen molar-refractivity contribution in [2.24, 2.45) is 0 Å². The Labute approximate surface area is 93.3 Å². The standard InChI is InChI=1S/C11H14N2OS/c1-13(2)5-6-14-10-8-15-11-3-4-12-7-9(10)11/h3-4,7-8H,5-6H2,1-2H3. The van der Waals surface area contributed by atoms with Crippen LogP contribution in [0.2, 0.25) is 0 Å². The quantitative estimate of drug-likeness (QED) is 0.793. The van der Waals surface area contributed by atoms with Crippen molar-refractivity contribution < 1.29 is 4.74 Å². The van der Waals surface area contributed by atoms with Crippen LogP contribution in [0.4, 0.5) is 0 Å². The number of aromatic nitrogens is 1. The van der Waals surface area contributed by atoms with Crippen molar-refractivity contribution in [3.63, 3.8) is 0 Å². The number of thiophene rings is 1. The zero-order valence-corrected chi connectivity index (χ0v) is 9.75. The minimum Gasteiger partial charge on any atom is -0.491 e. The number of nitrogens with zero attached hydrogens (tertiary/aromatic N) is 2. The van der Waals surface area contributed by atoms with Crippen LogP contribution in [0.25, 0.3) is 10.1 Å². The fourth-order valence-corrected chi connectivity index (χ4v) is 2.15. The molecule has 0 aliphatic carbocycles. The van der Waals surface area contributed by atoms with Crippen molar-refractivity contribution in [2.45, 2.75) is 0 Å². The van der Waals surface area contributed by atoms with Gasteiger partial charge in [-0.1, -0.05) is 0 Å². The molecule has 0 fully saturated rings. The maximum atomic E-state index is 5.70. The minimum absolute atomic E-state index is 0.716. The molecule has 0 aliphatic heterocycles. The molecular formula is C11H14N2OS. The average molecular weight is 222 g/mol. The molecule has 0 aliphatic rings. The van der Waals surface area contributed by atoms with E-state index >= 15 is 0 Å². The number of hydrogen-bond donors (Lipinski definition) is 0. The highest BCUT2D eigenvalue weighted by Crippen LogP contribution is 2.30. The van der Waals surface area contributed by atoms with Gasteiger partial charge in [-0.2, -0.15) is 0 Å². The van der Waals surface area contributed by atoms with E-state index in [0.29, 0.717) is 6.61 Å². The lowest BCUT2D eigenvalue weighted by Crippen LogP contribution is -2.19. The third-order valence-electron chi connectivity index (χ3n) is 2.14. The molecule has 0 atom stereocenters. The predicted octanol–water partition coefficient (Wildman–Crippen LogP) is 2.24. The summed E-state index contributed by atoms with van der Waals surface area (Å²) in [7, 11) is 4.08. The van der Waals surface area contributed by atoms with E-state index < -0.39 is 0 Å². The molecule has 0 saturated heterocycles. The van der Waals surface area contributed by atoms with Crippen LogP contribution in [0, 0.1) is 0 Å². The molecule has 0 saturated carbocycles. The maximum absolute atomic E-state index is 5.70. The first-order chi connectivity index (χ1) is 7.27. The largest absolute Gasteiger partial charge is 0.491 e. The molecule has 4 heteroatoms. The summed E-state index contributed by atoms with van der Waals surface area (Å²) in [6.45, 7) is 1.64. The number of likely N-dealkylation sites (N-methyl/N-ethyl adjacent to an activating group) is 1. The topological polar surface area (TPSA) is 25.4 Å². The molecule has 0 aromatic carbocycles. The van der Waals surface area contributed by atoms with Crippen LogP contribution in [-0.4, -0.2) is 37.1 Å². The Hall–Kier alpha value is -1.13. The van der Waals surface area contributed by atoms with Gasteiger partial charge in [0.15, 0.2) is 0 Å². The van der Waals surface area contributed by atoms with Crippen LogP contribution < -0.4 is 4.74 Å². The Kier molecular flexibility index (Phi) is 3.18. The summed E-state index contributed by atoms with van der Waals surface area (Å²) in [6, 6.07) is 2.01. The molecule has 0 amide bonds. The second-order valence-corrected chi connectivity index (χ2v) is 4.53. The lowest BCUT2D eigenvalue weighted by atomic mass is 10.3. The number of pyridine rings is 1. The van der Waals surface area contributed by atoms with Gasteiger partial charge in [-0.15, -0.1) is 11.3 Å². The van der Waals surface area contributed by atoms with Crippen LogP contribution in [0.3, 0.4) is 0 Å². The average Bonchev–Trinajstić information content (AvgIpc) is 2.62. The number of rotatable bonds is 4. The Morgan fingerprint density at radius 2 is 2.33 bits per heavy atom. The van der Waals surface area contributed by atoms with Gasteiger partial charge >= 0.3 is 0 Å². The summed E-state index contributed by atoms with van der Waals surface area (Å²) < 4.78 is 6.93. The molecule has 2 heterocycles. The van der Waals surface area contributed by atoms with Crippen molar-refractivity contribution in [1.29, 1.82) is 0 Å². The molecular weight excluding hydrogens is 208 g/mol. The smallest absolute Gasteiger partial charge is 0.139 e. The van der Waals surface area contributed by atoms with Crippen LogP contribution in [-0.2, 0) is 0 Å². The van der Waals surface area contributed by atoms with Crippen molar-refractivity contribution in [3.05, 3.63) is 23.8 Å². The lowest BCUT2D eigenvalue weighted by molar-refractivity contribution is 0.264. The number of fused-ring (bicyclic) bond motifs is 1. The second-order valence-electron chi connectivity index (χ2n) is 3.62. The van der Waals surface area contributed by atoms with Crippen molar-refractivity contribution in [2.75, 3.05) is 27.2 Å². The number of hydrogen-bond acceptors (Lipinski definition) is 4. The van der Waals surface area contributed by atoms with E-state index in [9.17, 15) is 0 Å². The van der Waals surface area contributed by atoms with Gasteiger partial charge in [0.25, 0.3) is 0 Å². The first-order valence-electron chi connectivity index (χ1n) is 4.86. The molecule has 80 valence electrons. The van der Waals surface area contributed by atoms with Crippen LogP contribution >= 0.6 is 11.3 Å². The monoisotopic (exact) mass is 222 g/mol. The predicted molar refractivity (Wildman–Crippen MR) is 63.7 cm³/mol. The van der Waals surface area contributed by atoms with Gasteiger partial charge in [-0.25, -0.2) is 0 Å². The van der Waals surface area contributed by atoms with E-state index in [0.717, 1.165) is 17.7 Å². The molecule has 0 bridgehead atoms. The molecule has 2 aromatic heterocycles. The maximum Gasteiger partial charge on any atom is 0.139 e. The zero-order valence-electron chi connectivity index (χ0n) is 8.93. The summed E-state index contributed by atoms with van der Waals surface area (Å²) in [6.07, 6.45) is 3.67. The zero-order chi connectivity index (χ0) is 10.7. The van der Waals surface area contributed by atoms with E-state index in [-0.39, 0.29) is 0 Å². The molecule has 3 nitrogen and oxygen atoms in total. The van der Waals surface area contributed by atoms with E-state index in [1.54, 1.807) is 11.3 Å². The van der Waals surface area contributed by atoms with Crippen LogP contribution in [0.15, 0.2) is 23.8 Å². The van der Waals surface area contributed by atoms with Gasteiger partial charge in [0, 0.05) is 29.0 Å². The Morgan fingerprint density at radius 3 is 3.13 bits per heavy atom. The van der Waals surface area contributed by atoms with Gasteiger partial charge in [0.1, 0.15) is 12.4 Å². The number of ether oxygens (including phenoxy) is 1. The highest BCUT2D eigenvalue weighted by Gasteiger charge is 2.04. The Balaban J connectivity index is 2.08. The van der Waals surface area contributed by atoms with Crippen molar-refractivity contribution in [3.8, 4) is 5.75 Å². The second kappa shape index (κ2) is 4.59. The third kappa shape index (κ3) is 2.46. The van der Waals surface area contributed by atoms with Gasteiger partial charge in [-0.05, 0) is 20.2 Å². The van der Waals surface area contributed by atoms with Gasteiger partial charge in [0.2, 0.25) is 0 Å². The van der Waals surface area contributed by atoms with Crippen molar-refractivity contribution >= 4 is 21.4 Å². The molecule has 2 rings (SSSR count). The fraction of sp³-hybridized carbons (Fsp3) is 0.364. The molecule has 0 radical (unpaired) electrons. The molecule has 2 aromatic rings. The summed E-state index contributed by atoms with van der Waals surface area (Å²) in [5.74, 6) is 0.949. The Morgan fingerprint density at radius 1 is 1.47 bits per heavy atom. The SMILES string of the molecule is CN(C)CCOc1csc2ccncc12. The van der Waals surface area contributed by atoms with Crippen LogP contribution in [0.1, 0.15) is 0 Å². The van der Waals surface area contributed by atoms with Gasteiger partial charge < -0.3 is 9.64 Å². The molecule has 0 N–H and O–H groups in total. The Bertz CT molecular complexity index is 439. The normalized spacial score (nSPS) is 11.1. The minimum atomic E-state index is 0.716.